The van der Waals surface area contributed by atoms with Crippen molar-refractivity contribution in [3.8, 4) is 23.0 Å². The summed E-state index contributed by atoms with van der Waals surface area (Å²) in [5, 5.41) is 0. The van der Waals surface area contributed by atoms with Gasteiger partial charge in [-0.2, -0.15) is 0 Å². The largest absolute Gasteiger partial charge is 0.496 e. The third-order valence-corrected chi connectivity index (χ3v) is 11.2. The summed E-state index contributed by atoms with van der Waals surface area (Å²) in [6.45, 7) is 29.8. The predicted octanol–water partition coefficient (Wildman–Crippen LogP) is 12.1. The molecule has 0 atom stereocenters. The first-order valence-corrected chi connectivity index (χ1v) is 19.3. The van der Waals surface area contributed by atoms with Gasteiger partial charge in [0, 0.05) is 36.3 Å². The van der Waals surface area contributed by atoms with Gasteiger partial charge in [-0.15, -0.1) is 0 Å². The van der Waals surface area contributed by atoms with E-state index < -0.39 is 0 Å². The van der Waals surface area contributed by atoms with Crippen molar-refractivity contribution in [2.45, 2.75) is 137 Å². The molecule has 4 aromatic rings. The molecule has 0 aliphatic heterocycles. The lowest BCUT2D eigenvalue weighted by molar-refractivity contribution is 0.392. The summed E-state index contributed by atoms with van der Waals surface area (Å²) >= 11 is 0. The monoisotopic (exact) mass is 718 g/mol. The fourth-order valence-corrected chi connectivity index (χ4v) is 7.90. The lowest BCUT2D eigenvalue weighted by Gasteiger charge is -2.30. The number of rotatable bonds is 4. The first-order valence-electron chi connectivity index (χ1n) is 19.3. The van der Waals surface area contributed by atoms with Gasteiger partial charge in [-0.1, -0.05) is 139 Å². The van der Waals surface area contributed by atoms with Crippen molar-refractivity contribution >= 4 is 0 Å². The number of fused-ring (bicyclic) bond motifs is 8. The van der Waals surface area contributed by atoms with Crippen LogP contribution in [0.2, 0.25) is 0 Å². The molecule has 1 aliphatic carbocycles. The molecule has 286 valence electrons. The summed E-state index contributed by atoms with van der Waals surface area (Å²) in [6.07, 6.45) is 2.01. The highest BCUT2D eigenvalue weighted by atomic mass is 16.5. The number of benzene rings is 4. The Balaban J connectivity index is 2.00. The molecular formula is C49H66O4. The van der Waals surface area contributed by atoms with Crippen LogP contribution in [0.15, 0.2) is 48.5 Å². The van der Waals surface area contributed by atoms with E-state index in [0.717, 1.165) is 67.5 Å². The first-order chi connectivity index (χ1) is 24.5. The predicted molar refractivity (Wildman–Crippen MR) is 223 cm³/mol. The van der Waals surface area contributed by atoms with Crippen LogP contribution in [0.5, 0.6) is 23.0 Å². The summed E-state index contributed by atoms with van der Waals surface area (Å²) in [5.41, 5.74) is 14.1. The zero-order valence-corrected chi connectivity index (χ0v) is 36.0. The Morgan fingerprint density at radius 3 is 0.774 bits per heavy atom. The minimum atomic E-state index is -0.0780. The second kappa shape index (κ2) is 14.4. The number of methoxy groups -OCH3 is 4. The van der Waals surface area contributed by atoms with Gasteiger partial charge in [0.15, 0.2) is 0 Å². The third-order valence-electron chi connectivity index (χ3n) is 11.2. The molecule has 0 fully saturated rings. The summed E-state index contributed by atoms with van der Waals surface area (Å²) < 4.78 is 25.7. The summed E-state index contributed by atoms with van der Waals surface area (Å²) in [6, 6.07) is 18.9. The van der Waals surface area contributed by atoms with Crippen LogP contribution in [0.4, 0.5) is 0 Å². The highest BCUT2D eigenvalue weighted by Crippen LogP contribution is 2.47. The molecular weight excluding hydrogens is 653 g/mol. The smallest absolute Gasteiger partial charge is 0.126 e. The van der Waals surface area contributed by atoms with Crippen molar-refractivity contribution < 1.29 is 18.9 Å². The molecule has 0 unspecified atom stereocenters. The molecule has 0 spiro atoms. The maximum atomic E-state index is 6.46. The lowest BCUT2D eigenvalue weighted by Crippen LogP contribution is -2.17. The van der Waals surface area contributed by atoms with E-state index in [-0.39, 0.29) is 27.6 Å². The van der Waals surface area contributed by atoms with Gasteiger partial charge in [0.25, 0.3) is 0 Å². The normalized spacial score (nSPS) is 14.2. The number of hydrogen-bond donors (Lipinski definition) is 0. The first kappa shape index (κ1) is 40.3. The average Bonchev–Trinajstić information content (AvgIpc) is 3.05. The maximum Gasteiger partial charge on any atom is 0.126 e. The van der Waals surface area contributed by atoms with Gasteiger partial charge >= 0.3 is 0 Å². The van der Waals surface area contributed by atoms with E-state index in [2.05, 4.69) is 139 Å². The van der Waals surface area contributed by atoms with E-state index >= 15 is 0 Å². The SMILES string of the molecule is COc1c2cc(C(C)(C)C)cc1Cc1cc(C(C)(C)C)cc(c1OC)C(C)c1cc(C(C)(C)C)cc(c1OC)Cc1cc(C(C)(C)C)cc(c1OC)C2. The molecule has 0 amide bonds. The van der Waals surface area contributed by atoms with Gasteiger partial charge in [-0.3, -0.25) is 0 Å². The summed E-state index contributed by atoms with van der Waals surface area (Å²) in [7, 11) is 7.26. The molecule has 5 rings (SSSR count). The van der Waals surface area contributed by atoms with Crippen molar-refractivity contribution in [2.24, 2.45) is 0 Å². The number of hydrogen-bond acceptors (Lipinski definition) is 4. The van der Waals surface area contributed by atoms with Crippen LogP contribution in [-0.4, -0.2) is 28.4 Å². The second-order valence-corrected chi connectivity index (χ2v) is 19.4. The quantitative estimate of drug-likeness (QED) is 0.210. The molecule has 4 nitrogen and oxygen atoms in total. The highest BCUT2D eigenvalue weighted by Gasteiger charge is 2.30. The van der Waals surface area contributed by atoms with Crippen molar-refractivity contribution in [3.63, 3.8) is 0 Å². The van der Waals surface area contributed by atoms with Crippen molar-refractivity contribution in [3.05, 3.63) is 115 Å². The molecule has 53 heavy (non-hydrogen) atoms. The van der Waals surface area contributed by atoms with Gasteiger partial charge in [0.1, 0.15) is 23.0 Å². The van der Waals surface area contributed by atoms with Gasteiger partial charge in [-0.25, -0.2) is 0 Å². The van der Waals surface area contributed by atoms with Crippen LogP contribution in [0, 0.1) is 0 Å². The fraction of sp³-hybridized carbons (Fsp3) is 0.510. The fourth-order valence-electron chi connectivity index (χ4n) is 7.90. The van der Waals surface area contributed by atoms with Crippen LogP contribution < -0.4 is 18.9 Å². The van der Waals surface area contributed by atoms with Crippen LogP contribution >= 0.6 is 0 Å². The molecule has 4 aromatic carbocycles. The molecule has 0 radical (unpaired) electrons. The third kappa shape index (κ3) is 8.13. The zero-order valence-electron chi connectivity index (χ0n) is 36.0. The van der Waals surface area contributed by atoms with Crippen LogP contribution in [0.3, 0.4) is 0 Å². The van der Waals surface area contributed by atoms with E-state index in [1.165, 1.54) is 22.3 Å². The molecule has 1 aliphatic rings. The van der Waals surface area contributed by atoms with E-state index in [9.17, 15) is 0 Å². The standard InChI is InChI=1S/C49H66O4/c1-29-40-27-38(48(8,9)10)25-34(44(40)52-16)19-32-23-36(46(2,3)4)21-30(42(32)50-14)18-31-22-37(47(5,6)7)24-33(43(31)51-15)20-35-26-39(49(11,12)13)28-41(29)45(35)53-17/h21-29H,18-20H2,1-17H3. The highest BCUT2D eigenvalue weighted by molar-refractivity contribution is 5.61. The topological polar surface area (TPSA) is 36.9 Å². The van der Waals surface area contributed by atoms with Crippen LogP contribution in [-0.2, 0) is 40.9 Å². The van der Waals surface area contributed by atoms with Crippen LogP contribution in [0.25, 0.3) is 0 Å². The van der Waals surface area contributed by atoms with Crippen LogP contribution in [0.1, 0.15) is 163 Å². The Morgan fingerprint density at radius 1 is 0.358 bits per heavy atom. The zero-order chi connectivity index (χ0) is 39.4. The average molecular weight is 719 g/mol. The van der Waals surface area contributed by atoms with E-state index in [1.807, 2.05) is 28.4 Å². The van der Waals surface area contributed by atoms with E-state index in [4.69, 9.17) is 18.9 Å². The van der Waals surface area contributed by atoms with Gasteiger partial charge in [-0.05, 0) is 77.3 Å². The molecule has 0 saturated heterocycles. The summed E-state index contributed by atoms with van der Waals surface area (Å²) in [5.74, 6) is 3.68. The van der Waals surface area contributed by atoms with Crippen molar-refractivity contribution in [1.82, 2.24) is 0 Å². The Hall–Kier alpha value is -3.92. The molecule has 4 heteroatoms. The summed E-state index contributed by atoms with van der Waals surface area (Å²) in [4.78, 5) is 0. The minimum Gasteiger partial charge on any atom is -0.496 e. The minimum absolute atomic E-state index is 0.0216. The Bertz CT molecular complexity index is 1840. The molecule has 8 bridgehead atoms. The molecule has 0 aromatic heterocycles. The molecule has 0 saturated carbocycles. The van der Waals surface area contributed by atoms with Gasteiger partial charge in [0.05, 0.1) is 28.4 Å². The Kier molecular flexibility index (Phi) is 10.9. The van der Waals surface area contributed by atoms with Crippen molar-refractivity contribution in [1.29, 1.82) is 0 Å². The maximum absolute atomic E-state index is 6.46. The van der Waals surface area contributed by atoms with Gasteiger partial charge < -0.3 is 18.9 Å². The van der Waals surface area contributed by atoms with E-state index in [1.54, 1.807) is 0 Å². The molecule has 0 heterocycles. The second-order valence-electron chi connectivity index (χ2n) is 19.4. The Morgan fingerprint density at radius 2 is 0.566 bits per heavy atom. The number of ether oxygens (including phenoxy) is 4. The Labute approximate surface area is 321 Å². The van der Waals surface area contributed by atoms with Crippen molar-refractivity contribution in [2.75, 3.05) is 28.4 Å². The van der Waals surface area contributed by atoms with E-state index in [0.29, 0.717) is 19.3 Å². The lowest BCUT2D eigenvalue weighted by atomic mass is 9.77. The molecule has 0 N–H and O–H groups in total. The van der Waals surface area contributed by atoms with Gasteiger partial charge in [0.2, 0.25) is 0 Å².